The number of unbranched alkanes of at least 4 members (excludes halogenated alkanes) is 1. The zero-order valence-electron chi connectivity index (χ0n) is 15.2. The van der Waals surface area contributed by atoms with E-state index in [-0.39, 0.29) is 6.10 Å². The van der Waals surface area contributed by atoms with Crippen LogP contribution in [-0.2, 0) is 19.5 Å². The molecule has 1 aromatic heterocycles. The molecule has 0 bridgehead atoms. The van der Waals surface area contributed by atoms with E-state index in [2.05, 4.69) is 51.0 Å². The first-order valence-corrected chi connectivity index (χ1v) is 9.42. The summed E-state index contributed by atoms with van der Waals surface area (Å²) in [6.45, 7) is 7.32. The van der Waals surface area contributed by atoms with Crippen LogP contribution in [0.15, 0.2) is 36.5 Å². The van der Waals surface area contributed by atoms with Gasteiger partial charge in [0.15, 0.2) is 0 Å². The summed E-state index contributed by atoms with van der Waals surface area (Å²) in [5.41, 5.74) is 2.45. The highest BCUT2D eigenvalue weighted by Crippen LogP contribution is 2.12. The van der Waals surface area contributed by atoms with E-state index in [1.54, 1.807) is 0 Å². The van der Waals surface area contributed by atoms with Gasteiger partial charge >= 0.3 is 0 Å². The summed E-state index contributed by atoms with van der Waals surface area (Å²) in [5, 5.41) is 10.4. The molecule has 0 spiro atoms. The minimum Gasteiger partial charge on any atom is -0.390 e. The molecule has 1 aliphatic rings. The summed E-state index contributed by atoms with van der Waals surface area (Å²) < 4.78 is 0. The number of nitrogens with zero attached hydrogens (tertiary/aromatic N) is 3. The second-order valence-electron chi connectivity index (χ2n) is 7.07. The number of rotatable bonds is 7. The normalized spacial score (nSPS) is 19.8. The third kappa shape index (κ3) is 5.66. The highest BCUT2D eigenvalue weighted by Gasteiger charge is 2.21. The lowest BCUT2D eigenvalue weighted by atomic mass is 10.2. The number of nitrogens with one attached hydrogen (secondary N) is 1. The van der Waals surface area contributed by atoms with Crippen molar-refractivity contribution < 1.29 is 5.11 Å². The predicted molar refractivity (Wildman–Crippen MR) is 100 cm³/mol. The predicted octanol–water partition coefficient (Wildman–Crippen LogP) is 2.43. The number of imidazole rings is 1. The fraction of sp³-hybridized carbons (Fsp3) is 0.550. The molecule has 0 unspecified atom stereocenters. The lowest BCUT2D eigenvalue weighted by Crippen LogP contribution is -2.33. The number of aryl methyl sites for hydroxylation is 1. The first-order valence-electron chi connectivity index (χ1n) is 9.42. The largest absolute Gasteiger partial charge is 0.390 e. The van der Waals surface area contributed by atoms with E-state index >= 15 is 0 Å². The summed E-state index contributed by atoms with van der Waals surface area (Å²) in [4.78, 5) is 12.6. The van der Waals surface area contributed by atoms with Gasteiger partial charge in [0.25, 0.3) is 0 Å². The van der Waals surface area contributed by atoms with E-state index < -0.39 is 0 Å². The lowest BCUT2D eigenvalue weighted by Gasteiger charge is -2.21. The van der Waals surface area contributed by atoms with Crippen LogP contribution >= 0.6 is 0 Å². The highest BCUT2D eigenvalue weighted by atomic mass is 16.3. The number of aromatic amines is 1. The van der Waals surface area contributed by atoms with Crippen LogP contribution in [0.1, 0.15) is 36.8 Å². The molecule has 0 radical (unpaired) electrons. The van der Waals surface area contributed by atoms with Gasteiger partial charge in [-0.2, -0.15) is 0 Å². The number of β-amino-alcohol motifs (C(OH)–C–C–N with tert-alkyl or cyclic N) is 1. The summed E-state index contributed by atoms with van der Waals surface area (Å²) in [6.07, 6.45) is 5.01. The van der Waals surface area contributed by atoms with Crippen molar-refractivity contribution in [2.24, 2.45) is 0 Å². The van der Waals surface area contributed by atoms with Crippen LogP contribution in [0.3, 0.4) is 0 Å². The number of hydrogen-bond acceptors (Lipinski definition) is 4. The Hall–Kier alpha value is -1.69. The average Bonchev–Trinajstić information content (AvgIpc) is 2.98. The first kappa shape index (κ1) is 18.1. The minimum atomic E-state index is -0.311. The number of hydrogen-bond donors (Lipinski definition) is 2. The summed E-state index contributed by atoms with van der Waals surface area (Å²) in [7, 11) is 0. The van der Waals surface area contributed by atoms with Crippen molar-refractivity contribution in [2.75, 3.05) is 26.2 Å². The molecule has 0 amide bonds. The molecule has 1 aliphatic heterocycles. The Kier molecular flexibility index (Phi) is 6.62. The Bertz CT molecular complexity index is 628. The monoisotopic (exact) mass is 342 g/mol. The Labute approximate surface area is 150 Å². The summed E-state index contributed by atoms with van der Waals surface area (Å²) in [5.74, 6) is 1.08. The maximum atomic E-state index is 10.4. The van der Waals surface area contributed by atoms with Gasteiger partial charge in [-0.15, -0.1) is 0 Å². The quantitative estimate of drug-likeness (QED) is 0.811. The standard InChI is InChI=1S/C20H30N4O/c1-2-3-9-20-21-12-18(22-20)14-24-11-10-23(15-19(25)16-24)13-17-7-5-4-6-8-17/h4-8,12,19,25H,2-3,9-11,13-16H2,1H3,(H,21,22)/t19-/m1/s1. The summed E-state index contributed by atoms with van der Waals surface area (Å²) >= 11 is 0. The van der Waals surface area contributed by atoms with E-state index in [4.69, 9.17) is 0 Å². The van der Waals surface area contributed by atoms with Crippen LogP contribution in [0.5, 0.6) is 0 Å². The molecular weight excluding hydrogens is 312 g/mol. The fourth-order valence-corrected chi connectivity index (χ4v) is 3.45. The Morgan fingerprint density at radius 3 is 2.56 bits per heavy atom. The van der Waals surface area contributed by atoms with Crippen LogP contribution in [0, 0.1) is 0 Å². The Balaban J connectivity index is 1.53. The maximum Gasteiger partial charge on any atom is 0.106 e. The van der Waals surface area contributed by atoms with E-state index in [1.165, 1.54) is 18.4 Å². The second-order valence-corrected chi connectivity index (χ2v) is 7.07. The topological polar surface area (TPSA) is 55.4 Å². The minimum absolute atomic E-state index is 0.311. The van der Waals surface area contributed by atoms with Gasteiger partial charge in [-0.25, -0.2) is 4.98 Å². The third-order valence-corrected chi connectivity index (χ3v) is 4.76. The number of aliphatic hydroxyl groups is 1. The second kappa shape index (κ2) is 9.13. The smallest absolute Gasteiger partial charge is 0.106 e. The van der Waals surface area contributed by atoms with Gasteiger partial charge in [0.1, 0.15) is 5.82 Å². The van der Waals surface area contributed by atoms with Crippen molar-refractivity contribution in [3.05, 3.63) is 53.6 Å². The number of aliphatic hydroxyl groups excluding tert-OH is 1. The van der Waals surface area contributed by atoms with E-state index in [0.717, 1.165) is 50.7 Å². The molecule has 5 heteroatoms. The molecule has 2 aromatic rings. The van der Waals surface area contributed by atoms with Crippen LogP contribution in [0.25, 0.3) is 0 Å². The molecule has 136 valence electrons. The van der Waals surface area contributed by atoms with Gasteiger partial charge in [0.2, 0.25) is 0 Å². The van der Waals surface area contributed by atoms with Crippen molar-refractivity contribution in [2.45, 2.75) is 45.4 Å². The highest BCUT2D eigenvalue weighted by molar-refractivity contribution is 5.14. The lowest BCUT2D eigenvalue weighted by molar-refractivity contribution is 0.105. The van der Waals surface area contributed by atoms with Crippen molar-refractivity contribution in [3.63, 3.8) is 0 Å². The van der Waals surface area contributed by atoms with Crippen molar-refractivity contribution in [3.8, 4) is 0 Å². The zero-order valence-corrected chi connectivity index (χ0v) is 15.2. The Morgan fingerprint density at radius 2 is 1.84 bits per heavy atom. The van der Waals surface area contributed by atoms with Crippen LogP contribution in [-0.4, -0.2) is 57.2 Å². The zero-order chi connectivity index (χ0) is 17.5. The van der Waals surface area contributed by atoms with Crippen molar-refractivity contribution in [1.82, 2.24) is 19.8 Å². The molecule has 1 aromatic carbocycles. The first-order chi connectivity index (χ1) is 12.2. The van der Waals surface area contributed by atoms with Gasteiger partial charge in [-0.3, -0.25) is 9.80 Å². The van der Waals surface area contributed by atoms with Crippen LogP contribution in [0.4, 0.5) is 0 Å². The van der Waals surface area contributed by atoms with Gasteiger partial charge in [-0.05, 0) is 12.0 Å². The van der Waals surface area contributed by atoms with E-state index in [0.29, 0.717) is 6.54 Å². The molecule has 0 saturated carbocycles. The number of benzene rings is 1. The van der Waals surface area contributed by atoms with Crippen LogP contribution < -0.4 is 0 Å². The molecular formula is C20H30N4O. The maximum absolute atomic E-state index is 10.4. The molecule has 5 nitrogen and oxygen atoms in total. The van der Waals surface area contributed by atoms with Gasteiger partial charge in [0, 0.05) is 57.6 Å². The SMILES string of the molecule is CCCCc1ncc(CN2CCN(Cc3ccccc3)C[C@@H](O)C2)[nH]1. The average molecular weight is 342 g/mol. The molecule has 1 fully saturated rings. The Morgan fingerprint density at radius 1 is 1.12 bits per heavy atom. The number of H-pyrrole nitrogens is 1. The molecule has 25 heavy (non-hydrogen) atoms. The third-order valence-electron chi connectivity index (χ3n) is 4.76. The molecule has 3 rings (SSSR count). The van der Waals surface area contributed by atoms with Crippen molar-refractivity contribution >= 4 is 0 Å². The van der Waals surface area contributed by atoms with Crippen LogP contribution in [0.2, 0.25) is 0 Å². The van der Waals surface area contributed by atoms with Gasteiger partial charge < -0.3 is 10.1 Å². The fourth-order valence-electron chi connectivity index (χ4n) is 3.45. The van der Waals surface area contributed by atoms with E-state index in [1.807, 2.05) is 12.3 Å². The number of aromatic nitrogens is 2. The van der Waals surface area contributed by atoms with E-state index in [9.17, 15) is 5.11 Å². The summed E-state index contributed by atoms with van der Waals surface area (Å²) in [6, 6.07) is 10.5. The molecule has 2 heterocycles. The molecule has 0 aliphatic carbocycles. The molecule has 1 atom stereocenters. The van der Waals surface area contributed by atoms with Crippen molar-refractivity contribution in [1.29, 1.82) is 0 Å². The van der Waals surface area contributed by atoms with Gasteiger partial charge in [0.05, 0.1) is 6.10 Å². The molecule has 1 saturated heterocycles. The molecule has 2 N–H and O–H groups in total. The van der Waals surface area contributed by atoms with Gasteiger partial charge in [-0.1, -0.05) is 43.7 Å².